The lowest BCUT2D eigenvalue weighted by atomic mass is 9.88. The van der Waals surface area contributed by atoms with Crippen LogP contribution >= 0.6 is 11.6 Å². The molecule has 0 aromatic heterocycles. The van der Waals surface area contributed by atoms with E-state index in [2.05, 4.69) is 4.99 Å². The maximum atomic E-state index is 13.4. The smallest absolute Gasteiger partial charge is 0.417 e. The molecule has 1 aliphatic carbocycles. The Morgan fingerprint density at radius 2 is 1.68 bits per heavy atom. The second kappa shape index (κ2) is 8.93. The number of aromatic carboxylic acids is 1. The van der Waals surface area contributed by atoms with Crippen molar-refractivity contribution in [3.8, 4) is 0 Å². The summed E-state index contributed by atoms with van der Waals surface area (Å²) in [6, 6.07) is 8.93. The van der Waals surface area contributed by atoms with E-state index in [0.717, 1.165) is 18.6 Å². The van der Waals surface area contributed by atoms with Crippen LogP contribution in [0.1, 0.15) is 52.0 Å². The number of ketones is 1. The van der Waals surface area contributed by atoms with Crippen molar-refractivity contribution < 1.29 is 27.9 Å². The highest BCUT2D eigenvalue weighted by molar-refractivity contribution is 6.35. The monoisotopic (exact) mass is 450 g/mol. The quantitative estimate of drug-likeness (QED) is 0.455. The summed E-state index contributed by atoms with van der Waals surface area (Å²) in [6.07, 6.45) is -2.42. The van der Waals surface area contributed by atoms with Gasteiger partial charge >= 0.3 is 12.1 Å². The van der Waals surface area contributed by atoms with Crippen molar-refractivity contribution >= 4 is 34.8 Å². The van der Waals surface area contributed by atoms with E-state index in [9.17, 15) is 22.8 Å². The first-order valence-corrected chi connectivity index (χ1v) is 9.77. The van der Waals surface area contributed by atoms with Crippen LogP contribution in [0.3, 0.4) is 0 Å². The Morgan fingerprint density at radius 1 is 1.03 bits per heavy atom. The molecule has 9 heteroatoms. The number of carboxylic acids is 1. The number of carbonyl (C=O) groups excluding carboxylic acids is 1. The SMILES string of the molecule is NC(C(=O)c1c(Cl)cccc1C(F)(F)F)=C1CCCCC1=Nc1ccc(C(=O)O)cc1. The van der Waals surface area contributed by atoms with Gasteiger partial charge in [-0.1, -0.05) is 17.7 Å². The summed E-state index contributed by atoms with van der Waals surface area (Å²) >= 11 is 5.94. The van der Waals surface area contributed by atoms with E-state index in [1.165, 1.54) is 30.3 Å². The number of benzene rings is 2. The van der Waals surface area contributed by atoms with Gasteiger partial charge in [0.2, 0.25) is 5.78 Å². The molecule has 1 aliphatic rings. The number of nitrogens with two attached hydrogens (primary N) is 1. The van der Waals surface area contributed by atoms with Gasteiger partial charge in [0.1, 0.15) is 0 Å². The Bertz CT molecular complexity index is 1090. The van der Waals surface area contributed by atoms with Crippen molar-refractivity contribution in [1.82, 2.24) is 0 Å². The first-order valence-electron chi connectivity index (χ1n) is 9.40. The summed E-state index contributed by atoms with van der Waals surface area (Å²) in [5, 5.41) is 8.66. The average molecular weight is 451 g/mol. The van der Waals surface area contributed by atoms with Gasteiger partial charge in [0.05, 0.1) is 33.1 Å². The van der Waals surface area contributed by atoms with Crippen LogP contribution in [0.2, 0.25) is 5.02 Å². The summed E-state index contributed by atoms with van der Waals surface area (Å²) in [5.41, 5.74) is 5.32. The largest absolute Gasteiger partial charge is 0.478 e. The summed E-state index contributed by atoms with van der Waals surface area (Å²) in [7, 11) is 0. The number of aliphatic imine (C=N–C) groups is 1. The normalized spacial score (nSPS) is 17.5. The van der Waals surface area contributed by atoms with Gasteiger partial charge in [-0.15, -0.1) is 0 Å². The number of nitrogens with zero attached hydrogens (tertiary/aromatic N) is 1. The zero-order chi connectivity index (χ0) is 22.8. The Balaban J connectivity index is 2.05. The third-order valence-electron chi connectivity index (χ3n) is 4.93. The molecule has 3 N–H and O–H groups in total. The summed E-state index contributed by atoms with van der Waals surface area (Å²) in [4.78, 5) is 28.4. The number of carboxylic acid groups (broad SMARTS) is 1. The molecule has 0 amide bonds. The molecule has 31 heavy (non-hydrogen) atoms. The number of alkyl halides is 3. The van der Waals surface area contributed by atoms with Crippen molar-refractivity contribution in [2.75, 3.05) is 0 Å². The molecule has 0 bridgehead atoms. The van der Waals surface area contributed by atoms with Crippen molar-refractivity contribution in [2.45, 2.75) is 31.9 Å². The Morgan fingerprint density at radius 3 is 2.29 bits per heavy atom. The molecule has 0 atom stereocenters. The van der Waals surface area contributed by atoms with Gasteiger partial charge in [-0.3, -0.25) is 9.79 Å². The van der Waals surface area contributed by atoms with Gasteiger partial charge in [-0.2, -0.15) is 13.2 Å². The highest BCUT2D eigenvalue weighted by Gasteiger charge is 2.37. The number of Topliss-reactive ketones (excluding diaryl/α,β-unsaturated/α-hetero) is 1. The molecule has 0 spiro atoms. The van der Waals surface area contributed by atoms with Crippen LogP contribution in [0.15, 0.2) is 58.7 Å². The van der Waals surface area contributed by atoms with E-state index in [1.54, 1.807) is 0 Å². The lowest BCUT2D eigenvalue weighted by Crippen LogP contribution is -2.23. The minimum Gasteiger partial charge on any atom is -0.478 e. The van der Waals surface area contributed by atoms with E-state index in [4.69, 9.17) is 22.4 Å². The highest BCUT2D eigenvalue weighted by Crippen LogP contribution is 2.36. The minimum absolute atomic E-state index is 0.0939. The molecule has 162 valence electrons. The Hall–Kier alpha value is -3.13. The lowest BCUT2D eigenvalue weighted by molar-refractivity contribution is -0.137. The number of rotatable bonds is 4. The molecular weight excluding hydrogens is 433 g/mol. The summed E-state index contributed by atoms with van der Waals surface area (Å²) in [5.74, 6) is -2.07. The third-order valence-corrected chi connectivity index (χ3v) is 5.25. The lowest BCUT2D eigenvalue weighted by Gasteiger charge is -2.20. The van der Waals surface area contributed by atoms with Gasteiger partial charge in [0, 0.05) is 11.3 Å². The average Bonchev–Trinajstić information content (AvgIpc) is 2.72. The first kappa shape index (κ1) is 22.6. The van der Waals surface area contributed by atoms with Crippen molar-refractivity contribution in [3.63, 3.8) is 0 Å². The molecule has 5 nitrogen and oxygen atoms in total. The molecule has 0 saturated heterocycles. The van der Waals surface area contributed by atoms with Crippen LogP contribution in [0.25, 0.3) is 0 Å². The number of halogens is 4. The summed E-state index contributed by atoms with van der Waals surface area (Å²) in [6.45, 7) is 0. The van der Waals surface area contributed by atoms with Crippen molar-refractivity contribution in [2.24, 2.45) is 10.7 Å². The minimum atomic E-state index is -4.77. The van der Waals surface area contributed by atoms with Crippen LogP contribution in [0.4, 0.5) is 18.9 Å². The topological polar surface area (TPSA) is 92.8 Å². The molecule has 0 unspecified atom stereocenters. The summed E-state index contributed by atoms with van der Waals surface area (Å²) < 4.78 is 40.2. The van der Waals surface area contributed by atoms with E-state index in [1.807, 2.05) is 0 Å². The van der Waals surface area contributed by atoms with Gasteiger partial charge in [0.15, 0.2) is 0 Å². The molecule has 1 saturated carbocycles. The first-order chi connectivity index (χ1) is 14.6. The standard InChI is InChI=1S/C22H18ClF3N2O3/c23-16-6-3-5-15(22(24,25)26)18(16)20(29)19(27)14-4-1-2-7-17(14)28-13-10-8-12(9-11-13)21(30)31/h3,5-6,8-11H,1-2,4,7,27H2,(H,30,31). The molecule has 0 radical (unpaired) electrons. The van der Waals surface area contributed by atoms with Crippen LogP contribution in [0, 0.1) is 0 Å². The highest BCUT2D eigenvalue weighted by atomic mass is 35.5. The fourth-order valence-corrected chi connectivity index (χ4v) is 3.66. The zero-order valence-corrected chi connectivity index (χ0v) is 16.9. The van der Waals surface area contributed by atoms with E-state index in [0.29, 0.717) is 36.2 Å². The second-order valence-electron chi connectivity index (χ2n) is 7.00. The molecule has 2 aromatic rings. The molecule has 1 fully saturated rings. The van der Waals surface area contributed by atoms with E-state index < -0.39 is 29.1 Å². The van der Waals surface area contributed by atoms with Gasteiger partial charge < -0.3 is 10.8 Å². The molecule has 0 heterocycles. The number of hydrogen-bond donors (Lipinski definition) is 2. The van der Waals surface area contributed by atoms with Gasteiger partial charge in [0.25, 0.3) is 0 Å². The number of hydrogen-bond acceptors (Lipinski definition) is 4. The Kier molecular flexibility index (Phi) is 6.50. The number of carbonyl (C=O) groups is 2. The maximum absolute atomic E-state index is 13.4. The Labute approximate surface area is 181 Å². The molecule has 3 rings (SSSR count). The van der Waals surface area contributed by atoms with Crippen LogP contribution < -0.4 is 5.73 Å². The fraction of sp³-hybridized carbons (Fsp3) is 0.227. The predicted molar refractivity (Wildman–Crippen MR) is 111 cm³/mol. The maximum Gasteiger partial charge on any atom is 0.417 e. The van der Waals surface area contributed by atoms with Crippen LogP contribution in [0.5, 0.6) is 0 Å². The third kappa shape index (κ3) is 4.96. The zero-order valence-electron chi connectivity index (χ0n) is 16.2. The molecule has 2 aromatic carbocycles. The van der Waals surface area contributed by atoms with E-state index in [-0.39, 0.29) is 16.3 Å². The second-order valence-corrected chi connectivity index (χ2v) is 7.41. The fourth-order valence-electron chi connectivity index (χ4n) is 3.40. The van der Waals surface area contributed by atoms with Crippen molar-refractivity contribution in [1.29, 1.82) is 0 Å². The van der Waals surface area contributed by atoms with Gasteiger partial charge in [-0.25, -0.2) is 4.79 Å². The van der Waals surface area contributed by atoms with E-state index >= 15 is 0 Å². The molecular formula is C22H18ClF3N2O3. The predicted octanol–water partition coefficient (Wildman–Crippen LogP) is 5.80. The van der Waals surface area contributed by atoms with Gasteiger partial charge in [-0.05, 0) is 62.1 Å². The van der Waals surface area contributed by atoms with Crippen molar-refractivity contribution in [3.05, 3.63) is 75.4 Å². The van der Waals surface area contributed by atoms with Crippen LogP contribution in [-0.4, -0.2) is 22.6 Å². The van der Waals surface area contributed by atoms with Crippen LogP contribution in [-0.2, 0) is 6.18 Å². The number of allylic oxidation sites excluding steroid dienone is 2. The molecule has 0 aliphatic heterocycles.